The minimum atomic E-state index is -3.21. The van der Waals surface area contributed by atoms with Gasteiger partial charge in [0, 0.05) is 12.7 Å². The van der Waals surface area contributed by atoms with Gasteiger partial charge in [0.05, 0.1) is 5.75 Å². The summed E-state index contributed by atoms with van der Waals surface area (Å²) in [6.45, 7) is 0. The molecular weight excluding hydrogens is 246 g/mol. The highest BCUT2D eigenvalue weighted by Gasteiger charge is 2.27. The Labute approximate surface area is 100 Å². The van der Waals surface area contributed by atoms with Gasteiger partial charge < -0.3 is 10.4 Å². The summed E-state index contributed by atoms with van der Waals surface area (Å²) in [6.07, 6.45) is 3.30. The van der Waals surface area contributed by atoms with E-state index in [9.17, 15) is 18.0 Å². The van der Waals surface area contributed by atoms with Gasteiger partial charge in [-0.15, -0.1) is 0 Å². The molecule has 17 heavy (non-hydrogen) atoms. The summed E-state index contributed by atoms with van der Waals surface area (Å²) in [5, 5.41) is 11.2. The van der Waals surface area contributed by atoms with Crippen LogP contribution in [0, 0.1) is 5.92 Å². The molecule has 0 unspecified atom stereocenters. The van der Waals surface area contributed by atoms with E-state index in [1.807, 2.05) is 0 Å². The van der Waals surface area contributed by atoms with Crippen molar-refractivity contribution in [1.29, 1.82) is 0 Å². The molecule has 6 nitrogen and oxygen atoms in total. The number of sulfone groups is 1. The molecule has 0 bridgehead atoms. The van der Waals surface area contributed by atoms with Crippen molar-refractivity contribution in [2.75, 3.05) is 12.0 Å². The van der Waals surface area contributed by atoms with Crippen LogP contribution in [-0.2, 0) is 19.4 Å². The molecule has 0 aromatic carbocycles. The largest absolute Gasteiger partial charge is 0.480 e. The summed E-state index contributed by atoms with van der Waals surface area (Å²) in [5.74, 6) is -1.38. The van der Waals surface area contributed by atoms with E-state index in [0.717, 1.165) is 19.1 Å². The predicted molar refractivity (Wildman–Crippen MR) is 61.2 cm³/mol. The Hall–Kier alpha value is -1.11. The molecule has 1 aliphatic carbocycles. The normalized spacial score (nSPS) is 17.5. The highest BCUT2D eigenvalue weighted by atomic mass is 32.2. The zero-order valence-corrected chi connectivity index (χ0v) is 10.5. The van der Waals surface area contributed by atoms with Crippen molar-refractivity contribution in [3.63, 3.8) is 0 Å². The maximum atomic E-state index is 11.4. The van der Waals surface area contributed by atoms with E-state index in [0.29, 0.717) is 12.3 Å². The predicted octanol–water partition coefficient (Wildman–Crippen LogP) is -0.209. The first-order valence-electron chi connectivity index (χ1n) is 5.48. The molecule has 2 N–H and O–H groups in total. The molecule has 1 atom stereocenters. The highest BCUT2D eigenvalue weighted by molar-refractivity contribution is 7.90. The van der Waals surface area contributed by atoms with Crippen molar-refractivity contribution in [2.45, 2.75) is 31.7 Å². The molecule has 0 aromatic heterocycles. The number of carbonyl (C=O) groups is 2. The van der Waals surface area contributed by atoms with Crippen LogP contribution in [0.25, 0.3) is 0 Å². The molecule has 1 rings (SSSR count). The van der Waals surface area contributed by atoms with Crippen LogP contribution in [0.2, 0.25) is 0 Å². The molecule has 1 aliphatic rings. The van der Waals surface area contributed by atoms with Crippen molar-refractivity contribution in [3.05, 3.63) is 0 Å². The number of aliphatic carboxylic acids is 1. The number of hydrogen-bond acceptors (Lipinski definition) is 4. The average Bonchev–Trinajstić information content (AvgIpc) is 2.93. The first kappa shape index (κ1) is 14.0. The second kappa shape index (κ2) is 5.48. The lowest BCUT2D eigenvalue weighted by Crippen LogP contribution is -2.42. The summed E-state index contributed by atoms with van der Waals surface area (Å²) in [5.41, 5.74) is 0. The topological polar surface area (TPSA) is 101 Å². The molecule has 1 saturated carbocycles. The third kappa shape index (κ3) is 6.25. The number of carbonyl (C=O) groups excluding carboxylic acids is 1. The molecule has 0 aromatic rings. The second-order valence-corrected chi connectivity index (χ2v) is 6.78. The number of hydrogen-bond donors (Lipinski definition) is 2. The molecule has 0 radical (unpaired) electrons. The van der Waals surface area contributed by atoms with Gasteiger partial charge in [-0.05, 0) is 25.2 Å². The Kier molecular flexibility index (Phi) is 4.50. The molecular formula is C10H17NO5S. The van der Waals surface area contributed by atoms with Gasteiger partial charge in [-0.2, -0.15) is 0 Å². The third-order valence-electron chi connectivity index (χ3n) is 2.58. The summed E-state index contributed by atoms with van der Waals surface area (Å²) in [7, 11) is -3.21. The Morgan fingerprint density at radius 1 is 1.41 bits per heavy atom. The molecule has 98 valence electrons. The van der Waals surface area contributed by atoms with E-state index in [1.165, 1.54) is 0 Å². The number of carboxylic acids is 1. The van der Waals surface area contributed by atoms with E-state index in [4.69, 9.17) is 5.11 Å². The van der Waals surface area contributed by atoms with E-state index >= 15 is 0 Å². The minimum Gasteiger partial charge on any atom is -0.480 e. The average molecular weight is 263 g/mol. The van der Waals surface area contributed by atoms with Crippen molar-refractivity contribution in [1.82, 2.24) is 5.32 Å². The molecule has 1 amide bonds. The Balaban J connectivity index is 2.41. The standard InChI is InChI=1S/C10H17NO5S/c1-17(15,16)5-4-8(10(13)14)11-9(12)6-7-2-3-7/h7-8H,2-6H2,1H3,(H,11,12)(H,13,14)/t8-/m0/s1. The number of amides is 1. The van der Waals surface area contributed by atoms with Crippen molar-refractivity contribution in [3.8, 4) is 0 Å². The van der Waals surface area contributed by atoms with Crippen molar-refractivity contribution < 1.29 is 23.1 Å². The monoisotopic (exact) mass is 263 g/mol. The Morgan fingerprint density at radius 2 is 2.00 bits per heavy atom. The molecule has 0 spiro atoms. The van der Waals surface area contributed by atoms with Crippen LogP contribution < -0.4 is 5.32 Å². The van der Waals surface area contributed by atoms with E-state index in [1.54, 1.807) is 0 Å². The van der Waals surface area contributed by atoms with Crippen LogP contribution >= 0.6 is 0 Å². The maximum absolute atomic E-state index is 11.4. The van der Waals surface area contributed by atoms with Gasteiger partial charge in [-0.1, -0.05) is 0 Å². The molecule has 1 fully saturated rings. The first-order valence-corrected chi connectivity index (χ1v) is 7.54. The van der Waals surface area contributed by atoms with Crippen molar-refractivity contribution >= 4 is 21.7 Å². The van der Waals surface area contributed by atoms with Gasteiger partial charge >= 0.3 is 5.97 Å². The Morgan fingerprint density at radius 3 is 2.41 bits per heavy atom. The summed E-state index contributed by atoms with van der Waals surface area (Å²) < 4.78 is 21.9. The lowest BCUT2D eigenvalue weighted by molar-refractivity contribution is -0.141. The zero-order chi connectivity index (χ0) is 13.1. The SMILES string of the molecule is CS(=O)(=O)CC[C@H](NC(=O)CC1CC1)C(=O)O. The van der Waals surface area contributed by atoms with Gasteiger partial charge in [-0.3, -0.25) is 4.79 Å². The number of rotatable bonds is 7. The highest BCUT2D eigenvalue weighted by Crippen LogP contribution is 2.32. The van der Waals surface area contributed by atoms with Crippen LogP contribution in [0.3, 0.4) is 0 Å². The van der Waals surface area contributed by atoms with Gasteiger partial charge in [0.25, 0.3) is 0 Å². The van der Waals surface area contributed by atoms with Crippen LogP contribution in [0.1, 0.15) is 25.7 Å². The summed E-state index contributed by atoms with van der Waals surface area (Å²) in [4.78, 5) is 22.3. The molecule has 0 aliphatic heterocycles. The number of nitrogens with one attached hydrogen (secondary N) is 1. The third-order valence-corrected chi connectivity index (χ3v) is 3.56. The fourth-order valence-electron chi connectivity index (χ4n) is 1.43. The van der Waals surface area contributed by atoms with Gasteiger partial charge in [0.15, 0.2) is 0 Å². The smallest absolute Gasteiger partial charge is 0.326 e. The van der Waals surface area contributed by atoms with E-state index < -0.39 is 21.8 Å². The Bertz CT molecular complexity index is 399. The van der Waals surface area contributed by atoms with Gasteiger partial charge in [-0.25, -0.2) is 13.2 Å². The van der Waals surface area contributed by atoms with E-state index in [2.05, 4.69) is 5.32 Å². The zero-order valence-electron chi connectivity index (χ0n) is 9.68. The van der Waals surface area contributed by atoms with E-state index in [-0.39, 0.29) is 18.1 Å². The van der Waals surface area contributed by atoms with Crippen LogP contribution in [0.4, 0.5) is 0 Å². The minimum absolute atomic E-state index is 0.0927. The first-order chi connectivity index (χ1) is 7.78. The quantitative estimate of drug-likeness (QED) is 0.662. The van der Waals surface area contributed by atoms with Gasteiger partial charge in [0.1, 0.15) is 15.9 Å². The summed E-state index contributed by atoms with van der Waals surface area (Å²) in [6, 6.07) is -1.11. The maximum Gasteiger partial charge on any atom is 0.326 e. The van der Waals surface area contributed by atoms with Crippen molar-refractivity contribution in [2.24, 2.45) is 5.92 Å². The molecule has 7 heteroatoms. The molecule has 0 saturated heterocycles. The van der Waals surface area contributed by atoms with Crippen LogP contribution in [0.15, 0.2) is 0 Å². The lowest BCUT2D eigenvalue weighted by Gasteiger charge is -2.13. The fraction of sp³-hybridized carbons (Fsp3) is 0.800. The molecule has 0 heterocycles. The van der Waals surface area contributed by atoms with Crippen LogP contribution in [-0.4, -0.2) is 43.5 Å². The fourth-order valence-corrected chi connectivity index (χ4v) is 2.09. The van der Waals surface area contributed by atoms with Gasteiger partial charge in [0.2, 0.25) is 5.91 Å². The lowest BCUT2D eigenvalue weighted by atomic mass is 10.2. The second-order valence-electron chi connectivity index (χ2n) is 4.52. The number of carboxylic acid groups (broad SMARTS) is 1. The summed E-state index contributed by atoms with van der Waals surface area (Å²) >= 11 is 0. The van der Waals surface area contributed by atoms with Crippen LogP contribution in [0.5, 0.6) is 0 Å².